The van der Waals surface area contributed by atoms with E-state index in [1.54, 1.807) is 36.3 Å². The van der Waals surface area contributed by atoms with Crippen LogP contribution < -0.4 is 10.9 Å². The predicted molar refractivity (Wildman–Crippen MR) is 146 cm³/mol. The molecule has 4 heterocycles. The molecule has 2 fully saturated rings. The number of aliphatic hydroxyl groups is 1. The number of fused-ring (bicyclic) bond motifs is 1. The number of aryl methyl sites for hydroxylation is 2. The van der Waals surface area contributed by atoms with Crippen LogP contribution in [0.25, 0.3) is 33.4 Å². The molecule has 1 aliphatic carbocycles. The number of hydrogen-bond acceptors (Lipinski definition) is 7. The van der Waals surface area contributed by atoms with E-state index < -0.39 is 5.60 Å². The summed E-state index contributed by atoms with van der Waals surface area (Å²) in [7, 11) is 1.78. The lowest BCUT2D eigenvalue weighted by Gasteiger charge is -2.33. The fourth-order valence-electron chi connectivity index (χ4n) is 5.42. The predicted octanol–water partition coefficient (Wildman–Crippen LogP) is 3.38. The maximum Gasteiger partial charge on any atom is 0.253 e. The van der Waals surface area contributed by atoms with Crippen LogP contribution in [-0.2, 0) is 18.3 Å². The van der Waals surface area contributed by atoms with Gasteiger partial charge in [0.15, 0.2) is 5.82 Å². The van der Waals surface area contributed by atoms with Gasteiger partial charge in [-0.3, -0.25) is 9.48 Å². The molecule has 9 heteroatoms. The van der Waals surface area contributed by atoms with E-state index in [4.69, 9.17) is 14.7 Å². The second-order valence-electron chi connectivity index (χ2n) is 11.3. The molecular weight excluding hydrogens is 480 g/mol. The molecule has 4 aromatic rings. The minimum Gasteiger partial charge on any atom is -0.389 e. The first-order chi connectivity index (χ1) is 18.2. The number of morpholine rings is 1. The van der Waals surface area contributed by atoms with E-state index in [2.05, 4.69) is 16.5 Å². The van der Waals surface area contributed by atoms with Crippen LogP contribution in [0.2, 0.25) is 0 Å². The van der Waals surface area contributed by atoms with Crippen molar-refractivity contribution >= 4 is 10.9 Å². The van der Waals surface area contributed by atoms with Crippen LogP contribution in [0, 0.1) is 12.8 Å². The van der Waals surface area contributed by atoms with Crippen molar-refractivity contribution in [2.45, 2.75) is 57.9 Å². The van der Waals surface area contributed by atoms with Crippen molar-refractivity contribution in [2.24, 2.45) is 13.0 Å². The second kappa shape index (κ2) is 9.41. The lowest BCUT2D eigenvalue weighted by atomic mass is 9.96. The number of nitrogens with zero attached hydrogens (tertiary/aromatic N) is 5. The van der Waals surface area contributed by atoms with Gasteiger partial charge in [0.1, 0.15) is 6.10 Å². The first kappa shape index (κ1) is 24.9. The van der Waals surface area contributed by atoms with E-state index in [1.807, 2.05) is 37.5 Å². The lowest BCUT2D eigenvalue weighted by molar-refractivity contribution is -0.0133. The molecule has 9 nitrogen and oxygen atoms in total. The Balaban J connectivity index is 1.50. The lowest BCUT2D eigenvalue weighted by Crippen LogP contribution is -2.45. The summed E-state index contributed by atoms with van der Waals surface area (Å²) in [4.78, 5) is 22.3. The molecule has 1 saturated heterocycles. The molecule has 2 N–H and O–H groups in total. The highest BCUT2D eigenvalue weighted by Crippen LogP contribution is 2.42. The Morgan fingerprint density at radius 2 is 1.95 bits per heavy atom. The topological polar surface area (TPSA) is 107 Å². The monoisotopic (exact) mass is 514 g/mol. The smallest absolute Gasteiger partial charge is 0.253 e. The highest BCUT2D eigenvalue weighted by atomic mass is 16.5. The number of benzene rings is 1. The minimum absolute atomic E-state index is 0.00212. The summed E-state index contributed by atoms with van der Waals surface area (Å²) in [5.41, 5.74) is 4.28. The molecule has 38 heavy (non-hydrogen) atoms. The zero-order valence-corrected chi connectivity index (χ0v) is 22.3. The van der Waals surface area contributed by atoms with Crippen molar-refractivity contribution in [3.05, 3.63) is 64.5 Å². The summed E-state index contributed by atoms with van der Waals surface area (Å²) >= 11 is 0. The zero-order valence-electron chi connectivity index (χ0n) is 22.3. The molecule has 1 saturated carbocycles. The molecule has 198 valence electrons. The average Bonchev–Trinajstić information content (AvgIpc) is 3.64. The first-order valence-corrected chi connectivity index (χ1v) is 13.3. The summed E-state index contributed by atoms with van der Waals surface area (Å²) in [5.74, 6) is 1.17. The van der Waals surface area contributed by atoms with Crippen molar-refractivity contribution in [3.8, 4) is 22.5 Å². The van der Waals surface area contributed by atoms with Crippen molar-refractivity contribution in [3.63, 3.8) is 0 Å². The molecular formula is C29H34N6O3. The van der Waals surface area contributed by atoms with Crippen LogP contribution in [0.4, 0.5) is 0 Å². The number of pyridine rings is 1. The fourth-order valence-corrected chi connectivity index (χ4v) is 5.42. The van der Waals surface area contributed by atoms with Crippen LogP contribution >= 0.6 is 0 Å². The van der Waals surface area contributed by atoms with Crippen LogP contribution in [0.5, 0.6) is 0 Å². The van der Waals surface area contributed by atoms with Crippen molar-refractivity contribution < 1.29 is 9.84 Å². The van der Waals surface area contributed by atoms with Gasteiger partial charge < -0.3 is 19.7 Å². The normalized spacial score (nSPS) is 20.2. The Hall–Kier alpha value is -3.40. The number of rotatable bonds is 6. The molecule has 0 amide bonds. The highest BCUT2D eigenvalue weighted by Gasteiger charge is 2.41. The minimum atomic E-state index is -0.881. The average molecular weight is 515 g/mol. The van der Waals surface area contributed by atoms with Gasteiger partial charge in [-0.1, -0.05) is 6.07 Å². The molecule has 2 aliphatic rings. The summed E-state index contributed by atoms with van der Waals surface area (Å²) in [6, 6.07) is 8.31. The SMILES string of the molecule is Cc1cc(-c2ccc3nc(-c4cnn(CC(C)(C)O)c4)nc([C@H]4OCCNC4C4CC4)c3c2)cn(C)c1=O. The number of hydrogen-bond donors (Lipinski definition) is 2. The molecule has 0 radical (unpaired) electrons. The molecule has 0 spiro atoms. The van der Waals surface area contributed by atoms with E-state index in [0.29, 0.717) is 30.5 Å². The zero-order chi connectivity index (χ0) is 26.6. The third-order valence-corrected chi connectivity index (χ3v) is 7.37. The summed E-state index contributed by atoms with van der Waals surface area (Å²) < 4.78 is 9.74. The van der Waals surface area contributed by atoms with Gasteiger partial charge in [0.2, 0.25) is 0 Å². The Bertz CT molecular complexity index is 1540. The maximum absolute atomic E-state index is 12.3. The Morgan fingerprint density at radius 1 is 1.13 bits per heavy atom. The molecule has 1 aliphatic heterocycles. The van der Waals surface area contributed by atoms with Crippen LogP contribution in [-0.4, -0.2) is 54.2 Å². The van der Waals surface area contributed by atoms with Gasteiger partial charge in [-0.2, -0.15) is 5.10 Å². The number of ether oxygens (including phenoxy) is 1. The summed E-state index contributed by atoms with van der Waals surface area (Å²) in [5, 5.41) is 19.3. The van der Waals surface area contributed by atoms with Gasteiger partial charge in [0.05, 0.1) is 41.7 Å². The Morgan fingerprint density at radius 3 is 2.68 bits per heavy atom. The molecule has 6 rings (SSSR count). The van der Waals surface area contributed by atoms with Gasteiger partial charge >= 0.3 is 0 Å². The molecule has 1 unspecified atom stereocenters. The van der Waals surface area contributed by atoms with E-state index in [9.17, 15) is 9.90 Å². The van der Waals surface area contributed by atoms with Gasteiger partial charge in [-0.25, -0.2) is 9.97 Å². The fraction of sp³-hybridized carbons (Fsp3) is 0.448. The van der Waals surface area contributed by atoms with Gasteiger partial charge in [0, 0.05) is 43.0 Å². The van der Waals surface area contributed by atoms with Gasteiger partial charge in [0.25, 0.3) is 5.56 Å². The maximum atomic E-state index is 12.3. The van der Waals surface area contributed by atoms with Crippen molar-refractivity contribution in [1.29, 1.82) is 0 Å². The molecule has 1 aromatic carbocycles. The molecule has 0 bridgehead atoms. The number of aromatic nitrogens is 5. The van der Waals surface area contributed by atoms with Crippen molar-refractivity contribution in [1.82, 2.24) is 29.6 Å². The van der Waals surface area contributed by atoms with Gasteiger partial charge in [-0.05, 0) is 68.9 Å². The quantitative estimate of drug-likeness (QED) is 0.406. The standard InChI is InChI=1S/C29H34N6O3/c1-17-11-20(14-34(4)28(17)36)19-7-8-23-22(12-19)25(26-24(18-5-6-18)30-9-10-38-26)33-27(32-23)21-13-31-35(15-21)16-29(2,3)37/h7-8,11-15,18,24,26,30,37H,5-6,9-10,16H2,1-4H3/t24?,26-/m0/s1. The van der Waals surface area contributed by atoms with E-state index in [0.717, 1.165) is 39.8 Å². The second-order valence-corrected chi connectivity index (χ2v) is 11.3. The largest absolute Gasteiger partial charge is 0.389 e. The summed E-state index contributed by atoms with van der Waals surface area (Å²) in [6.45, 7) is 7.18. The summed E-state index contributed by atoms with van der Waals surface area (Å²) in [6.07, 6.45) is 7.69. The number of nitrogens with one attached hydrogen (secondary N) is 1. The van der Waals surface area contributed by atoms with Crippen molar-refractivity contribution in [2.75, 3.05) is 13.2 Å². The molecule has 2 atom stereocenters. The Kier molecular flexibility index (Phi) is 6.17. The third-order valence-electron chi connectivity index (χ3n) is 7.37. The van der Waals surface area contributed by atoms with E-state index in [1.165, 1.54) is 12.8 Å². The van der Waals surface area contributed by atoms with E-state index >= 15 is 0 Å². The molecule has 3 aromatic heterocycles. The highest BCUT2D eigenvalue weighted by molar-refractivity contribution is 5.88. The first-order valence-electron chi connectivity index (χ1n) is 13.3. The third kappa shape index (κ3) is 4.89. The van der Waals surface area contributed by atoms with Crippen LogP contribution in [0.3, 0.4) is 0 Å². The van der Waals surface area contributed by atoms with Crippen LogP contribution in [0.1, 0.15) is 44.1 Å². The van der Waals surface area contributed by atoms with E-state index in [-0.39, 0.29) is 17.7 Å². The van der Waals surface area contributed by atoms with Gasteiger partial charge in [-0.15, -0.1) is 0 Å². The van der Waals surface area contributed by atoms with Crippen LogP contribution in [0.15, 0.2) is 47.7 Å². The Labute approximate surface area is 221 Å².